The van der Waals surface area contributed by atoms with E-state index in [0.29, 0.717) is 13.0 Å². The van der Waals surface area contributed by atoms with Crippen molar-refractivity contribution in [3.8, 4) is 5.75 Å². The van der Waals surface area contributed by atoms with Gasteiger partial charge in [0.25, 0.3) is 0 Å². The Morgan fingerprint density at radius 2 is 1.85 bits per heavy atom. The SMILES string of the molecule is CC1(O)CC(=O)OC(CCCc2ccc(OCc3ccccc3)cc2)C1. The van der Waals surface area contributed by atoms with E-state index >= 15 is 0 Å². The Morgan fingerprint density at radius 1 is 1.12 bits per heavy atom. The third-order valence-electron chi connectivity index (χ3n) is 4.65. The summed E-state index contributed by atoms with van der Waals surface area (Å²) in [6.45, 7) is 2.27. The van der Waals surface area contributed by atoms with Crippen LogP contribution in [0.25, 0.3) is 0 Å². The molecule has 0 spiro atoms. The van der Waals surface area contributed by atoms with Gasteiger partial charge in [-0.05, 0) is 49.4 Å². The summed E-state index contributed by atoms with van der Waals surface area (Å²) < 4.78 is 11.1. The van der Waals surface area contributed by atoms with Gasteiger partial charge in [0.15, 0.2) is 0 Å². The van der Waals surface area contributed by atoms with Crippen LogP contribution in [0.1, 0.15) is 43.7 Å². The average molecular weight is 354 g/mol. The van der Waals surface area contributed by atoms with Gasteiger partial charge in [0, 0.05) is 6.42 Å². The van der Waals surface area contributed by atoms with Crippen LogP contribution in [0.3, 0.4) is 0 Å². The molecule has 2 atom stereocenters. The molecule has 0 saturated carbocycles. The number of carbonyl (C=O) groups excluding carboxylic acids is 1. The van der Waals surface area contributed by atoms with E-state index in [0.717, 1.165) is 30.6 Å². The second-order valence-corrected chi connectivity index (χ2v) is 7.30. The molecular formula is C22H26O4. The van der Waals surface area contributed by atoms with Crippen LogP contribution in [0.4, 0.5) is 0 Å². The minimum atomic E-state index is -0.933. The number of aryl methyl sites for hydroxylation is 1. The minimum Gasteiger partial charge on any atom is -0.489 e. The molecule has 1 saturated heterocycles. The lowest BCUT2D eigenvalue weighted by molar-refractivity contribution is -0.168. The molecule has 4 heteroatoms. The molecule has 26 heavy (non-hydrogen) atoms. The second kappa shape index (κ2) is 8.37. The summed E-state index contributed by atoms with van der Waals surface area (Å²) in [4.78, 5) is 11.5. The van der Waals surface area contributed by atoms with Gasteiger partial charge < -0.3 is 14.6 Å². The van der Waals surface area contributed by atoms with Crippen LogP contribution in [-0.2, 0) is 22.6 Å². The molecule has 1 heterocycles. The van der Waals surface area contributed by atoms with Crippen LogP contribution >= 0.6 is 0 Å². The summed E-state index contributed by atoms with van der Waals surface area (Å²) in [5, 5.41) is 10.1. The molecule has 1 N–H and O–H groups in total. The van der Waals surface area contributed by atoms with Gasteiger partial charge in [-0.1, -0.05) is 42.5 Å². The van der Waals surface area contributed by atoms with Crippen molar-refractivity contribution >= 4 is 5.97 Å². The lowest BCUT2D eigenvalue weighted by atomic mass is 9.90. The molecule has 4 nitrogen and oxygen atoms in total. The number of hydrogen-bond acceptors (Lipinski definition) is 4. The Labute approximate surface area is 154 Å². The zero-order valence-electron chi connectivity index (χ0n) is 15.2. The van der Waals surface area contributed by atoms with E-state index in [1.54, 1.807) is 6.92 Å². The summed E-state index contributed by atoms with van der Waals surface area (Å²) in [6.07, 6.45) is 3.03. The normalized spacial score (nSPS) is 22.7. The third kappa shape index (κ3) is 5.60. The van der Waals surface area contributed by atoms with Crippen molar-refractivity contribution < 1.29 is 19.4 Å². The molecule has 3 rings (SSSR count). The number of aliphatic hydroxyl groups is 1. The first kappa shape index (κ1) is 18.5. The molecule has 1 aliphatic rings. The zero-order valence-corrected chi connectivity index (χ0v) is 15.2. The lowest BCUT2D eigenvalue weighted by Crippen LogP contribution is -2.40. The average Bonchev–Trinajstić information content (AvgIpc) is 2.60. The monoisotopic (exact) mass is 354 g/mol. The van der Waals surface area contributed by atoms with Gasteiger partial charge >= 0.3 is 5.97 Å². The third-order valence-corrected chi connectivity index (χ3v) is 4.65. The van der Waals surface area contributed by atoms with E-state index in [4.69, 9.17) is 9.47 Å². The van der Waals surface area contributed by atoms with Crippen LogP contribution in [0.5, 0.6) is 5.75 Å². The lowest BCUT2D eigenvalue weighted by Gasteiger charge is -2.33. The Morgan fingerprint density at radius 3 is 2.54 bits per heavy atom. The highest BCUT2D eigenvalue weighted by atomic mass is 16.5. The largest absolute Gasteiger partial charge is 0.489 e. The van der Waals surface area contributed by atoms with Crippen molar-refractivity contribution in [3.05, 3.63) is 65.7 Å². The Balaban J connectivity index is 1.42. The maximum atomic E-state index is 11.5. The van der Waals surface area contributed by atoms with Crippen molar-refractivity contribution in [2.75, 3.05) is 0 Å². The number of rotatable bonds is 7. The predicted molar refractivity (Wildman–Crippen MR) is 99.9 cm³/mol. The maximum Gasteiger partial charge on any atom is 0.308 e. The number of ether oxygens (including phenoxy) is 2. The van der Waals surface area contributed by atoms with E-state index in [1.807, 2.05) is 42.5 Å². The van der Waals surface area contributed by atoms with Crippen molar-refractivity contribution in [1.82, 2.24) is 0 Å². The molecule has 2 unspecified atom stereocenters. The summed E-state index contributed by atoms with van der Waals surface area (Å²) >= 11 is 0. The first-order chi connectivity index (χ1) is 12.5. The van der Waals surface area contributed by atoms with Crippen LogP contribution in [0, 0.1) is 0 Å². The Hall–Kier alpha value is -2.33. The smallest absolute Gasteiger partial charge is 0.308 e. The highest BCUT2D eigenvalue weighted by Gasteiger charge is 2.35. The highest BCUT2D eigenvalue weighted by Crippen LogP contribution is 2.27. The van der Waals surface area contributed by atoms with Crippen molar-refractivity contribution in [2.45, 2.75) is 57.3 Å². The Kier molecular flexibility index (Phi) is 5.94. The van der Waals surface area contributed by atoms with E-state index < -0.39 is 5.60 Å². The number of cyclic esters (lactones) is 1. The molecule has 2 aromatic carbocycles. The number of hydrogen-bond donors (Lipinski definition) is 1. The van der Waals surface area contributed by atoms with Gasteiger partial charge in [-0.2, -0.15) is 0 Å². The molecule has 1 aliphatic heterocycles. The van der Waals surface area contributed by atoms with Crippen LogP contribution in [0.2, 0.25) is 0 Å². The fourth-order valence-electron chi connectivity index (χ4n) is 3.33. The molecular weight excluding hydrogens is 328 g/mol. The van der Waals surface area contributed by atoms with Gasteiger partial charge in [-0.15, -0.1) is 0 Å². The van der Waals surface area contributed by atoms with Gasteiger partial charge in [0.05, 0.1) is 12.0 Å². The van der Waals surface area contributed by atoms with Crippen molar-refractivity contribution in [3.63, 3.8) is 0 Å². The summed E-state index contributed by atoms with van der Waals surface area (Å²) in [5.41, 5.74) is 1.44. The van der Waals surface area contributed by atoms with Crippen molar-refractivity contribution in [2.24, 2.45) is 0 Å². The molecule has 1 fully saturated rings. The molecule has 0 aromatic heterocycles. The van der Waals surface area contributed by atoms with E-state index in [-0.39, 0.29) is 18.5 Å². The van der Waals surface area contributed by atoms with Gasteiger partial charge in [0.2, 0.25) is 0 Å². The number of carbonyl (C=O) groups is 1. The molecule has 0 bridgehead atoms. The first-order valence-electron chi connectivity index (χ1n) is 9.18. The number of esters is 1. The maximum absolute atomic E-state index is 11.5. The Bertz CT molecular complexity index is 707. The van der Waals surface area contributed by atoms with Crippen LogP contribution < -0.4 is 4.74 Å². The van der Waals surface area contributed by atoms with E-state index in [9.17, 15) is 9.90 Å². The fraction of sp³-hybridized carbons (Fsp3) is 0.409. The van der Waals surface area contributed by atoms with Gasteiger partial charge in [-0.25, -0.2) is 0 Å². The van der Waals surface area contributed by atoms with Crippen LogP contribution in [-0.4, -0.2) is 22.8 Å². The van der Waals surface area contributed by atoms with Crippen LogP contribution in [0.15, 0.2) is 54.6 Å². The highest BCUT2D eigenvalue weighted by molar-refractivity contribution is 5.71. The molecule has 0 amide bonds. The summed E-state index contributed by atoms with van der Waals surface area (Å²) in [6, 6.07) is 18.2. The predicted octanol–water partition coefficient (Wildman–Crippen LogP) is 4.04. The molecule has 0 aliphatic carbocycles. The topological polar surface area (TPSA) is 55.8 Å². The quantitative estimate of drug-likeness (QED) is 0.762. The molecule has 138 valence electrons. The molecule has 0 radical (unpaired) electrons. The summed E-state index contributed by atoms with van der Waals surface area (Å²) in [7, 11) is 0. The second-order valence-electron chi connectivity index (χ2n) is 7.30. The first-order valence-corrected chi connectivity index (χ1v) is 9.18. The summed E-state index contributed by atoms with van der Waals surface area (Å²) in [5.74, 6) is 0.557. The number of benzene rings is 2. The van der Waals surface area contributed by atoms with Crippen molar-refractivity contribution in [1.29, 1.82) is 0 Å². The minimum absolute atomic E-state index is 0.0912. The van der Waals surface area contributed by atoms with E-state index in [1.165, 1.54) is 5.56 Å². The van der Waals surface area contributed by atoms with Gasteiger partial charge in [-0.3, -0.25) is 4.79 Å². The standard InChI is InChI=1S/C22H26O4/c1-22(24)14-20(26-21(23)15-22)9-5-8-17-10-12-19(13-11-17)25-16-18-6-3-2-4-7-18/h2-4,6-7,10-13,20,24H,5,8-9,14-16H2,1H3. The van der Waals surface area contributed by atoms with Gasteiger partial charge in [0.1, 0.15) is 18.5 Å². The van der Waals surface area contributed by atoms with E-state index in [2.05, 4.69) is 12.1 Å². The zero-order chi connectivity index (χ0) is 18.4. The fourth-order valence-corrected chi connectivity index (χ4v) is 3.33. The molecule has 2 aromatic rings.